The highest BCUT2D eigenvalue weighted by atomic mass is 32.1. The quantitative estimate of drug-likeness (QED) is 0.817. The Morgan fingerprint density at radius 1 is 1.29 bits per heavy atom. The number of thiophene rings is 1. The van der Waals surface area contributed by atoms with Crippen LogP contribution in [0.4, 0.5) is 0 Å². The van der Waals surface area contributed by atoms with E-state index in [1.165, 1.54) is 9.75 Å². The van der Waals surface area contributed by atoms with Crippen molar-refractivity contribution in [3.63, 3.8) is 0 Å². The molecule has 0 spiro atoms. The zero-order valence-corrected chi connectivity index (χ0v) is 8.79. The predicted molar refractivity (Wildman–Crippen MR) is 60.2 cm³/mol. The number of rotatable bonds is 2. The second kappa shape index (κ2) is 3.90. The van der Waals surface area contributed by atoms with Crippen molar-refractivity contribution in [1.29, 1.82) is 0 Å². The Balaban J connectivity index is 2.34. The molecule has 3 heteroatoms. The molecule has 2 heterocycles. The summed E-state index contributed by atoms with van der Waals surface area (Å²) in [5.74, 6) is 0. The Hall–Kier alpha value is -1.19. The van der Waals surface area contributed by atoms with Crippen LogP contribution in [0.3, 0.4) is 0 Å². The summed E-state index contributed by atoms with van der Waals surface area (Å²) >= 11 is 1.71. The van der Waals surface area contributed by atoms with Gasteiger partial charge >= 0.3 is 0 Å². The zero-order valence-electron chi connectivity index (χ0n) is 7.97. The Kier molecular flexibility index (Phi) is 2.61. The van der Waals surface area contributed by atoms with Crippen molar-refractivity contribution in [2.75, 3.05) is 0 Å². The van der Waals surface area contributed by atoms with Gasteiger partial charge in [-0.15, -0.1) is 11.3 Å². The van der Waals surface area contributed by atoms with Gasteiger partial charge in [0.2, 0.25) is 0 Å². The zero-order chi connectivity index (χ0) is 9.97. The Morgan fingerprint density at radius 2 is 2.14 bits per heavy atom. The summed E-state index contributed by atoms with van der Waals surface area (Å²) in [5, 5.41) is 0. The molecule has 2 nitrogen and oxygen atoms in total. The van der Waals surface area contributed by atoms with Crippen LogP contribution < -0.4 is 5.73 Å². The van der Waals surface area contributed by atoms with Crippen LogP contribution in [0.1, 0.15) is 17.8 Å². The fourth-order valence-corrected chi connectivity index (χ4v) is 2.18. The van der Waals surface area contributed by atoms with Gasteiger partial charge in [-0.25, -0.2) is 0 Å². The van der Waals surface area contributed by atoms with Crippen molar-refractivity contribution >= 4 is 11.3 Å². The van der Waals surface area contributed by atoms with Crippen LogP contribution in [0.25, 0.3) is 10.6 Å². The Bertz CT molecular complexity index is 406. The lowest BCUT2D eigenvalue weighted by atomic mass is 10.3. The van der Waals surface area contributed by atoms with Gasteiger partial charge in [-0.3, -0.25) is 4.98 Å². The molecule has 0 aliphatic heterocycles. The molecule has 2 aromatic rings. The normalized spacial score (nSPS) is 12.7. The number of nitrogens with zero attached hydrogens (tertiary/aromatic N) is 1. The molecule has 0 aliphatic rings. The topological polar surface area (TPSA) is 38.9 Å². The molecule has 0 radical (unpaired) electrons. The lowest BCUT2D eigenvalue weighted by Crippen LogP contribution is -2.01. The molecule has 2 N–H and O–H groups in total. The van der Waals surface area contributed by atoms with E-state index >= 15 is 0 Å². The second-order valence-corrected chi connectivity index (χ2v) is 4.32. The molecular formula is C11H12N2S. The average molecular weight is 204 g/mol. The molecule has 72 valence electrons. The molecule has 0 unspecified atom stereocenters. The van der Waals surface area contributed by atoms with Gasteiger partial charge in [-0.2, -0.15) is 0 Å². The van der Waals surface area contributed by atoms with Crippen molar-refractivity contribution in [1.82, 2.24) is 4.98 Å². The van der Waals surface area contributed by atoms with Crippen molar-refractivity contribution in [3.8, 4) is 10.6 Å². The first-order chi connectivity index (χ1) is 6.77. The first-order valence-electron chi connectivity index (χ1n) is 4.54. The number of nitrogens with two attached hydrogens (primary N) is 1. The molecule has 0 fully saturated rings. The Morgan fingerprint density at radius 3 is 2.71 bits per heavy atom. The minimum Gasteiger partial charge on any atom is -0.324 e. The highest BCUT2D eigenvalue weighted by Crippen LogP contribution is 2.28. The van der Waals surface area contributed by atoms with Crippen LogP contribution in [-0.4, -0.2) is 4.98 Å². The van der Waals surface area contributed by atoms with E-state index in [-0.39, 0.29) is 6.04 Å². The van der Waals surface area contributed by atoms with Crippen molar-refractivity contribution in [2.45, 2.75) is 13.0 Å². The van der Waals surface area contributed by atoms with E-state index in [2.05, 4.69) is 17.1 Å². The number of aromatic nitrogens is 1. The minimum absolute atomic E-state index is 0.109. The van der Waals surface area contributed by atoms with Crippen LogP contribution in [0.2, 0.25) is 0 Å². The van der Waals surface area contributed by atoms with Crippen molar-refractivity contribution < 1.29 is 0 Å². The summed E-state index contributed by atoms with van der Waals surface area (Å²) in [4.78, 5) is 6.67. The summed E-state index contributed by atoms with van der Waals surface area (Å²) in [7, 11) is 0. The van der Waals surface area contributed by atoms with Crippen LogP contribution in [0, 0.1) is 0 Å². The van der Waals surface area contributed by atoms with E-state index in [0.717, 1.165) is 5.69 Å². The summed E-state index contributed by atoms with van der Waals surface area (Å²) in [5.41, 5.74) is 6.81. The second-order valence-electron chi connectivity index (χ2n) is 3.21. The summed E-state index contributed by atoms with van der Waals surface area (Å²) < 4.78 is 0. The van der Waals surface area contributed by atoms with Gasteiger partial charge in [0.1, 0.15) is 0 Å². The van der Waals surface area contributed by atoms with Crippen molar-refractivity contribution in [3.05, 3.63) is 41.4 Å². The molecule has 0 saturated carbocycles. The number of pyridine rings is 1. The standard InChI is InChI=1S/C11H12N2S/c1-8(12)10-5-6-11(14-10)9-4-2-3-7-13-9/h2-8H,12H2,1H3/t8-/m0/s1. The molecular weight excluding hydrogens is 192 g/mol. The fourth-order valence-electron chi connectivity index (χ4n) is 1.24. The van der Waals surface area contributed by atoms with Gasteiger partial charge in [0.25, 0.3) is 0 Å². The lowest BCUT2D eigenvalue weighted by molar-refractivity contribution is 0.838. The SMILES string of the molecule is C[C@H](N)c1ccc(-c2ccccn2)s1. The first kappa shape index (κ1) is 9.37. The molecule has 0 aliphatic carbocycles. The summed E-state index contributed by atoms with van der Waals surface area (Å²) in [6.07, 6.45) is 1.81. The van der Waals surface area contributed by atoms with E-state index in [1.807, 2.05) is 25.1 Å². The molecule has 0 bridgehead atoms. The van der Waals surface area contributed by atoms with Crippen molar-refractivity contribution in [2.24, 2.45) is 5.73 Å². The van der Waals surface area contributed by atoms with Gasteiger partial charge in [-0.1, -0.05) is 6.07 Å². The third-order valence-electron chi connectivity index (χ3n) is 1.99. The minimum atomic E-state index is 0.109. The van der Waals surface area contributed by atoms with E-state index in [9.17, 15) is 0 Å². The van der Waals surface area contributed by atoms with E-state index in [0.29, 0.717) is 0 Å². The summed E-state index contributed by atoms with van der Waals surface area (Å²) in [6.45, 7) is 1.99. The highest BCUT2D eigenvalue weighted by molar-refractivity contribution is 7.15. The maximum atomic E-state index is 5.80. The van der Waals surface area contributed by atoms with E-state index in [4.69, 9.17) is 5.73 Å². The molecule has 1 atom stereocenters. The first-order valence-corrected chi connectivity index (χ1v) is 5.36. The summed E-state index contributed by atoms with van der Waals surface area (Å²) in [6, 6.07) is 10.2. The third kappa shape index (κ3) is 1.84. The third-order valence-corrected chi connectivity index (χ3v) is 3.30. The molecule has 14 heavy (non-hydrogen) atoms. The van der Waals surface area contributed by atoms with Gasteiger partial charge in [0, 0.05) is 17.1 Å². The molecule has 2 aromatic heterocycles. The van der Waals surface area contributed by atoms with Gasteiger partial charge in [0.15, 0.2) is 0 Å². The molecule has 0 amide bonds. The van der Waals surface area contributed by atoms with Crippen LogP contribution in [0.15, 0.2) is 36.5 Å². The highest BCUT2D eigenvalue weighted by Gasteiger charge is 2.05. The van der Waals surface area contributed by atoms with Crippen LogP contribution >= 0.6 is 11.3 Å². The predicted octanol–water partition coefficient (Wildman–Crippen LogP) is 2.83. The van der Waals surface area contributed by atoms with Crippen LogP contribution in [-0.2, 0) is 0 Å². The Labute approximate surface area is 87.4 Å². The average Bonchev–Trinajstić information content (AvgIpc) is 2.68. The smallest absolute Gasteiger partial charge is 0.0801 e. The largest absolute Gasteiger partial charge is 0.324 e. The maximum Gasteiger partial charge on any atom is 0.0801 e. The van der Waals surface area contributed by atoms with E-state index < -0.39 is 0 Å². The fraction of sp³-hybridized carbons (Fsp3) is 0.182. The van der Waals surface area contributed by atoms with Gasteiger partial charge in [0.05, 0.1) is 10.6 Å². The van der Waals surface area contributed by atoms with Gasteiger partial charge < -0.3 is 5.73 Å². The van der Waals surface area contributed by atoms with Gasteiger partial charge in [-0.05, 0) is 31.2 Å². The number of hydrogen-bond acceptors (Lipinski definition) is 3. The lowest BCUT2D eigenvalue weighted by Gasteiger charge is -1.98. The maximum absolute atomic E-state index is 5.80. The van der Waals surface area contributed by atoms with Crippen LogP contribution in [0.5, 0.6) is 0 Å². The molecule has 0 aromatic carbocycles. The monoisotopic (exact) mass is 204 g/mol. The van der Waals surface area contributed by atoms with E-state index in [1.54, 1.807) is 17.5 Å². The molecule has 2 rings (SSSR count). The number of hydrogen-bond donors (Lipinski definition) is 1. The molecule has 0 saturated heterocycles.